The summed E-state index contributed by atoms with van der Waals surface area (Å²) >= 11 is -1.65. The highest BCUT2D eigenvalue weighted by atomic mass is 32.2. The van der Waals surface area contributed by atoms with Crippen molar-refractivity contribution in [2.75, 3.05) is 68.7 Å². The quantitative estimate of drug-likeness (QED) is 0.120. The normalized spacial score (nSPS) is 26.0. The van der Waals surface area contributed by atoms with E-state index < -0.39 is 186 Å². The number of hydrogen-bond acceptors (Lipinski definition) is 14. The van der Waals surface area contributed by atoms with Gasteiger partial charge in [0.05, 0.1) is 19.3 Å². The number of amides is 11. The highest BCUT2D eigenvalue weighted by Gasteiger charge is 2.50. The molecule has 0 saturated carbocycles. The molecule has 11 amide bonds. The Kier molecular flexibility index (Phi) is 35.0. The minimum absolute atomic E-state index is 0.00754. The van der Waals surface area contributed by atoms with Crippen molar-refractivity contribution in [2.45, 2.75) is 255 Å². The van der Waals surface area contributed by atoms with E-state index in [2.05, 4.69) is 21.3 Å². The number of carbonyl (C=O) groups is 11. The van der Waals surface area contributed by atoms with E-state index in [1.54, 1.807) is 41.5 Å². The van der Waals surface area contributed by atoms with Crippen LogP contribution in [0.1, 0.15) is 171 Å². The van der Waals surface area contributed by atoms with E-state index in [9.17, 15) is 37.8 Å². The van der Waals surface area contributed by atoms with Gasteiger partial charge in [-0.05, 0) is 111 Å². The Morgan fingerprint density at radius 2 is 0.842 bits per heavy atom. The lowest BCUT2D eigenvalue weighted by atomic mass is 9.91. The Labute approximate surface area is 574 Å². The van der Waals surface area contributed by atoms with Crippen LogP contribution in [0.15, 0.2) is 0 Å². The van der Waals surface area contributed by atoms with Gasteiger partial charge in [0, 0.05) is 55.6 Å². The Hall–Kier alpha value is -5.54. The molecule has 0 bridgehead atoms. The molecule has 4 N–H and O–H groups in total. The van der Waals surface area contributed by atoms with Crippen LogP contribution in [0.25, 0.3) is 0 Å². The molecule has 0 aromatic rings. The van der Waals surface area contributed by atoms with Gasteiger partial charge in [0.1, 0.15) is 60.4 Å². The van der Waals surface area contributed by atoms with Crippen molar-refractivity contribution in [3.05, 3.63) is 0 Å². The molecule has 25 nitrogen and oxygen atoms in total. The first kappa shape index (κ1) is 87.5. The first-order valence-corrected chi connectivity index (χ1v) is 38.5. The third-order valence-electron chi connectivity index (χ3n) is 18.6. The molecule has 548 valence electrons. The van der Waals surface area contributed by atoms with Crippen LogP contribution in [0.4, 0.5) is 0 Å². The zero-order valence-corrected chi connectivity index (χ0v) is 65.5. The van der Waals surface area contributed by atoms with Crippen molar-refractivity contribution in [1.29, 1.82) is 0 Å². The van der Waals surface area contributed by atoms with Crippen LogP contribution in [-0.2, 0) is 72.4 Å². The third kappa shape index (κ3) is 25.1. The monoisotopic (exact) mass is 1380 g/mol. The van der Waals surface area contributed by atoms with Crippen LogP contribution < -0.4 is 21.3 Å². The molecule has 1 unspecified atom stereocenters. The van der Waals surface area contributed by atoms with Gasteiger partial charge in [-0.2, -0.15) is 0 Å². The van der Waals surface area contributed by atoms with E-state index in [0.29, 0.717) is 0 Å². The lowest BCUT2D eigenvalue weighted by Crippen LogP contribution is -2.65. The summed E-state index contributed by atoms with van der Waals surface area (Å²) in [5.74, 6) is -10.3. The molecule has 95 heavy (non-hydrogen) atoms. The fourth-order valence-corrected chi connectivity index (χ4v) is 13.2. The van der Waals surface area contributed by atoms with Gasteiger partial charge < -0.3 is 60.0 Å². The second-order valence-corrected chi connectivity index (χ2v) is 36.7. The minimum atomic E-state index is -2.92. The van der Waals surface area contributed by atoms with E-state index in [0.717, 1.165) is 4.90 Å². The minimum Gasteiger partial charge on any atom is -0.411 e. The Morgan fingerprint density at radius 3 is 1.27 bits per heavy atom. The van der Waals surface area contributed by atoms with Gasteiger partial charge >= 0.3 is 0 Å². The number of rotatable bonds is 19. The van der Waals surface area contributed by atoms with Crippen LogP contribution >= 0.6 is 0 Å². The van der Waals surface area contributed by atoms with Crippen LogP contribution in [0.5, 0.6) is 0 Å². The highest BCUT2D eigenvalue weighted by molar-refractivity contribution is 7.79. The predicted molar refractivity (Wildman–Crippen MR) is 374 cm³/mol. The molecule has 0 aromatic carbocycles. The van der Waals surface area contributed by atoms with Gasteiger partial charge in [0.2, 0.25) is 65.0 Å². The summed E-state index contributed by atoms with van der Waals surface area (Å²) in [6.07, 6.45) is 1.07. The van der Waals surface area contributed by atoms with Gasteiger partial charge in [-0.15, -0.1) is 0 Å². The standard InChI is InChI=1S/C68H127N11O14SSi/c1-38(2)33-48-60(83)71-54(43(11)12)66(89)75(23)49(34-39(3)4)59(82)69-46(16)58(81)70-47(17)62(85)76(24)50(35-40(5)6)63(86)77(25)51(36-41(7)8)64(87)78(26)55(44(13)14)67(90)79(27)56(57(45(15)31-32-92-94(28)91)93-95(29,30)68(18,19)20)61(84)72-53(42(9)10)65(88)73(21)37-52(80)74(48)22/h38-51,53-57H,31-37H2,1-30H3,(H,69,82)(H,70,81)(H,71,83)(H,72,84)/t45-,46-,47+,48+,49-,50-,51-,53-,54-,55-,56-,57-,94?/m1/s1. The summed E-state index contributed by atoms with van der Waals surface area (Å²) in [6.45, 7) is 39.6. The second-order valence-electron chi connectivity index (χ2n) is 30.9. The first-order valence-electron chi connectivity index (χ1n) is 34.1. The SMILES string of the molecule is CC(C)C[C@@H]1C(=O)N(C)[C@H](CC(C)C)C(=O)N(C)[C@H](C(C)C)C(=O)N(C)[C@H]([C@H](O[Si](C)(C)C(C)(C)C)[C@H](C)CCOS(C)=O)C(=O)N[C@H](C(C)C)C(=O)N(C)CC(=O)N(C)[C@@H](CC(C)C)C(=O)N[C@H](C(C)C)C(=O)N(C)[C@H](CC(C)C)C(=O)N[C@H](C)C(=O)N[C@@H](C)C(=O)N1C. The maximum atomic E-state index is 15.9. The van der Waals surface area contributed by atoms with Gasteiger partial charge in [-0.1, -0.05) is 125 Å². The van der Waals surface area contributed by atoms with Crippen molar-refractivity contribution in [3.63, 3.8) is 0 Å². The number of nitrogens with one attached hydrogen (secondary N) is 4. The Bertz CT molecular complexity index is 2650. The Morgan fingerprint density at radius 1 is 0.463 bits per heavy atom. The summed E-state index contributed by atoms with van der Waals surface area (Å²) in [5, 5.41) is 10.8. The molecular formula is C68H127N11O14SSi. The largest absolute Gasteiger partial charge is 0.411 e. The van der Waals surface area contributed by atoms with Crippen molar-refractivity contribution in [3.8, 4) is 0 Å². The second kappa shape index (κ2) is 38.0. The van der Waals surface area contributed by atoms with Gasteiger partial charge in [0.15, 0.2) is 19.4 Å². The molecule has 0 aromatic heterocycles. The average molecular weight is 1380 g/mol. The van der Waals surface area contributed by atoms with E-state index in [1.807, 2.05) is 96.2 Å². The van der Waals surface area contributed by atoms with E-state index in [-0.39, 0.29) is 62.4 Å². The first-order chi connectivity index (χ1) is 43.4. The molecule has 1 aliphatic heterocycles. The van der Waals surface area contributed by atoms with Gasteiger partial charge in [-0.3, -0.25) is 56.9 Å². The third-order valence-corrected chi connectivity index (χ3v) is 23.5. The van der Waals surface area contributed by atoms with Crippen LogP contribution in [0.3, 0.4) is 0 Å². The fraction of sp³-hybridized carbons (Fsp3) is 0.838. The average Bonchev–Trinajstić information content (AvgIpc) is 0.790. The fourth-order valence-electron chi connectivity index (χ4n) is 11.5. The van der Waals surface area contributed by atoms with E-state index in [4.69, 9.17) is 8.61 Å². The summed E-state index contributed by atoms with van der Waals surface area (Å²) in [4.78, 5) is 173. The van der Waals surface area contributed by atoms with Crippen LogP contribution in [0.2, 0.25) is 18.1 Å². The van der Waals surface area contributed by atoms with Crippen LogP contribution in [-0.4, -0.2) is 247 Å². The van der Waals surface area contributed by atoms with Crippen molar-refractivity contribution >= 4 is 84.4 Å². The van der Waals surface area contributed by atoms with Crippen molar-refractivity contribution < 1.29 is 65.6 Å². The summed E-state index contributed by atoms with van der Waals surface area (Å²) in [6, 6.07) is -12.4. The molecule has 0 radical (unpaired) electrons. The molecule has 1 aliphatic rings. The molecule has 0 aliphatic carbocycles. The Balaban J connectivity index is 4.64. The maximum Gasteiger partial charge on any atom is 0.246 e. The summed E-state index contributed by atoms with van der Waals surface area (Å²) < 4.78 is 25.1. The van der Waals surface area contributed by atoms with E-state index >= 15 is 19.2 Å². The maximum absolute atomic E-state index is 15.9. The summed E-state index contributed by atoms with van der Waals surface area (Å²) in [7, 11) is 7.20. The lowest BCUT2D eigenvalue weighted by Gasteiger charge is -2.46. The van der Waals surface area contributed by atoms with Gasteiger partial charge in [0.25, 0.3) is 0 Å². The topological polar surface area (TPSA) is 294 Å². The van der Waals surface area contributed by atoms with Crippen molar-refractivity contribution in [2.24, 2.45) is 47.3 Å². The number of nitrogens with zero attached hydrogens (tertiary/aromatic N) is 7. The molecule has 27 heteroatoms. The zero-order valence-electron chi connectivity index (χ0n) is 63.7. The van der Waals surface area contributed by atoms with Gasteiger partial charge in [-0.25, -0.2) is 4.21 Å². The lowest BCUT2D eigenvalue weighted by molar-refractivity contribution is -0.157. The summed E-state index contributed by atoms with van der Waals surface area (Å²) in [5.41, 5.74) is 0. The molecule has 1 fully saturated rings. The molecule has 1 heterocycles. The zero-order chi connectivity index (χ0) is 74.1. The number of carbonyl (C=O) groups excluding carboxylic acids is 11. The van der Waals surface area contributed by atoms with Crippen LogP contribution in [0, 0.1) is 47.3 Å². The highest BCUT2D eigenvalue weighted by Crippen LogP contribution is 2.40. The predicted octanol–water partition coefficient (Wildman–Crippen LogP) is 5.28. The molecule has 1 saturated heterocycles. The smallest absolute Gasteiger partial charge is 0.246 e. The molecule has 0 spiro atoms. The molecular weight excluding hydrogens is 1250 g/mol. The molecule has 1 rings (SSSR count). The molecule has 13 atom stereocenters. The number of hydrogen-bond donors (Lipinski definition) is 4. The van der Waals surface area contributed by atoms with E-state index in [1.165, 1.54) is 98.8 Å². The number of likely N-dealkylation sites (N-methyl/N-ethyl adjacent to an activating group) is 7. The van der Waals surface area contributed by atoms with Crippen molar-refractivity contribution in [1.82, 2.24) is 55.6 Å².